The van der Waals surface area contributed by atoms with Crippen LogP contribution < -0.4 is 29.6 Å². The number of rotatable bonds is 18. The second-order valence-corrected chi connectivity index (χ2v) is 17.0. The number of para-hydroxylation sites is 1. The zero-order valence-corrected chi connectivity index (χ0v) is 36.7. The van der Waals surface area contributed by atoms with Crippen LogP contribution in [0.25, 0.3) is 22.0 Å². The highest BCUT2D eigenvalue weighted by atomic mass is 35.5. The van der Waals surface area contributed by atoms with Crippen molar-refractivity contribution in [3.63, 3.8) is 0 Å². The molecule has 0 aliphatic heterocycles. The van der Waals surface area contributed by atoms with Gasteiger partial charge in [0.1, 0.15) is 43.4 Å². The second kappa shape index (κ2) is 19.4. The van der Waals surface area contributed by atoms with Gasteiger partial charge in [0, 0.05) is 54.0 Å². The van der Waals surface area contributed by atoms with Crippen molar-refractivity contribution < 1.29 is 18.9 Å². The number of nitriles is 2. The van der Waals surface area contributed by atoms with Gasteiger partial charge in [-0.25, -0.2) is 9.97 Å². The van der Waals surface area contributed by atoms with Crippen LogP contribution in [0.1, 0.15) is 70.2 Å². The first-order chi connectivity index (χ1) is 31.3. The van der Waals surface area contributed by atoms with Crippen molar-refractivity contribution in [2.24, 2.45) is 0 Å². The smallest absolute Gasteiger partial charge is 0.230 e. The number of nitrogens with one attached hydrogen (secondary N) is 2. The molecule has 0 unspecified atom stereocenters. The Morgan fingerprint density at radius 2 is 1.14 bits per heavy atom. The van der Waals surface area contributed by atoms with E-state index in [1.54, 1.807) is 18.2 Å². The molecule has 2 aliphatic rings. The lowest BCUT2D eigenvalue weighted by Crippen LogP contribution is -2.16. The lowest BCUT2D eigenvalue weighted by Gasteiger charge is -2.18. The van der Waals surface area contributed by atoms with Crippen molar-refractivity contribution in [2.75, 3.05) is 0 Å². The number of aromatic nitrogens is 2. The summed E-state index contributed by atoms with van der Waals surface area (Å²) in [5, 5.41) is 27.5. The highest BCUT2D eigenvalue weighted by molar-refractivity contribution is 6.32. The van der Waals surface area contributed by atoms with Crippen LogP contribution in [0.2, 0.25) is 10.0 Å². The summed E-state index contributed by atoms with van der Waals surface area (Å²) in [5.74, 6) is 2.55. The van der Waals surface area contributed by atoms with Crippen molar-refractivity contribution in [1.82, 2.24) is 20.6 Å². The molecule has 10 nitrogen and oxygen atoms in total. The van der Waals surface area contributed by atoms with Crippen molar-refractivity contribution in [1.29, 1.82) is 10.5 Å². The maximum atomic E-state index is 9.41. The van der Waals surface area contributed by atoms with Gasteiger partial charge in [0.15, 0.2) is 5.75 Å². The molecule has 2 aliphatic carbocycles. The average Bonchev–Trinajstić information content (AvgIpc) is 4.27. The molecule has 2 fully saturated rings. The van der Waals surface area contributed by atoms with Gasteiger partial charge >= 0.3 is 0 Å². The quantitative estimate of drug-likeness (QED) is 0.0857. The molecule has 6 aromatic carbocycles. The Morgan fingerprint density at radius 1 is 0.594 bits per heavy atom. The van der Waals surface area contributed by atoms with Gasteiger partial charge in [-0.05, 0) is 103 Å². The number of halogens is 2. The number of hydrogen-bond donors (Lipinski definition) is 2. The van der Waals surface area contributed by atoms with Gasteiger partial charge in [-0.1, -0.05) is 77.8 Å². The van der Waals surface area contributed by atoms with E-state index in [2.05, 4.69) is 40.7 Å². The van der Waals surface area contributed by atoms with Gasteiger partial charge in [0.05, 0.1) is 44.2 Å². The van der Waals surface area contributed by atoms with Gasteiger partial charge < -0.3 is 29.6 Å². The molecule has 0 saturated heterocycles. The Morgan fingerprint density at radius 3 is 1.75 bits per heavy atom. The fourth-order valence-corrected chi connectivity index (χ4v) is 7.97. The number of benzene rings is 6. The third kappa shape index (κ3) is 10.2. The van der Waals surface area contributed by atoms with Crippen LogP contribution in [0.3, 0.4) is 0 Å². The zero-order chi connectivity index (χ0) is 44.0. The highest BCUT2D eigenvalue weighted by Crippen LogP contribution is 2.40. The molecule has 0 radical (unpaired) electrons. The van der Waals surface area contributed by atoms with E-state index in [0.29, 0.717) is 92.7 Å². The molecule has 320 valence electrons. The van der Waals surface area contributed by atoms with Crippen LogP contribution in [-0.4, -0.2) is 22.1 Å². The van der Waals surface area contributed by atoms with Crippen molar-refractivity contribution in [3.8, 4) is 52.1 Å². The lowest BCUT2D eigenvalue weighted by molar-refractivity contribution is 0.287. The predicted molar refractivity (Wildman–Crippen MR) is 248 cm³/mol. The van der Waals surface area contributed by atoms with E-state index in [1.165, 1.54) is 6.33 Å². The van der Waals surface area contributed by atoms with Crippen molar-refractivity contribution >= 4 is 34.1 Å². The van der Waals surface area contributed by atoms with Gasteiger partial charge in [-0.15, -0.1) is 0 Å². The fraction of sp³-hybridized carbons (Fsp3) is 0.231. The summed E-state index contributed by atoms with van der Waals surface area (Å²) in [4.78, 5) is 9.31. The molecular weight excluding hydrogens is 844 g/mol. The van der Waals surface area contributed by atoms with Gasteiger partial charge in [0.25, 0.3) is 0 Å². The van der Waals surface area contributed by atoms with Crippen LogP contribution in [0, 0.1) is 29.6 Å². The molecule has 2 N–H and O–H groups in total. The zero-order valence-electron chi connectivity index (χ0n) is 35.2. The van der Waals surface area contributed by atoms with Crippen molar-refractivity contribution in [3.05, 3.63) is 170 Å². The summed E-state index contributed by atoms with van der Waals surface area (Å²) in [6, 6.07) is 39.7. The van der Waals surface area contributed by atoms with Crippen molar-refractivity contribution in [2.45, 2.75) is 77.6 Å². The molecule has 0 amide bonds. The van der Waals surface area contributed by atoms with E-state index in [4.69, 9.17) is 47.1 Å². The monoisotopic (exact) mass is 886 g/mol. The number of fused-ring (bicyclic) bond motifs is 1. The molecule has 1 heterocycles. The van der Waals surface area contributed by atoms with E-state index >= 15 is 0 Å². The van der Waals surface area contributed by atoms with Crippen LogP contribution >= 0.6 is 23.2 Å². The second-order valence-electron chi connectivity index (χ2n) is 16.2. The van der Waals surface area contributed by atoms with Gasteiger partial charge in [0.2, 0.25) is 5.88 Å². The predicted octanol–water partition coefficient (Wildman–Crippen LogP) is 11.7. The molecular formula is C52H44Cl2N6O4. The normalized spacial score (nSPS) is 13.3. The third-order valence-corrected chi connectivity index (χ3v) is 12.0. The van der Waals surface area contributed by atoms with E-state index < -0.39 is 0 Å². The highest BCUT2D eigenvalue weighted by Gasteiger charge is 2.24. The minimum atomic E-state index is 0.260. The molecule has 1 aromatic heterocycles. The number of hydrogen-bond acceptors (Lipinski definition) is 10. The Labute approximate surface area is 382 Å². The van der Waals surface area contributed by atoms with E-state index in [1.807, 2.05) is 84.9 Å². The minimum Gasteiger partial charge on any atom is -0.488 e. The topological polar surface area (TPSA) is 134 Å². The fourth-order valence-electron chi connectivity index (χ4n) is 7.51. The standard InChI is InChI=1S/C52H44Cl2N6O4/c1-32-37(30-63-49-22-47(38(20-45(49)53)26-57-40-14-15-40)61-28-35-8-2-6-33(18-35)24-55)10-4-11-42(32)43-12-5-13-44-51(43)59-31-60-52(44)64-50-23-48(39(21-46(50)54)27-58-41-16-17-41)62-29-36-9-3-7-34(19-36)25-56/h2-13,18-23,31,40-41,57-58H,14-17,26-30H2,1H3. The van der Waals surface area contributed by atoms with E-state index in [9.17, 15) is 10.5 Å². The van der Waals surface area contributed by atoms with Crippen LogP contribution in [0.15, 0.2) is 116 Å². The molecule has 64 heavy (non-hydrogen) atoms. The Kier molecular flexibility index (Phi) is 12.9. The molecule has 12 heteroatoms. The Bertz CT molecular complexity index is 2940. The SMILES string of the molecule is Cc1c(COc2cc(OCc3cccc(C#N)c3)c(CNC3CC3)cc2Cl)cccc1-c1cccc2c(Oc3cc(OCc4cccc(C#N)c4)c(CNC4CC4)cc3Cl)ncnc12. The number of nitrogens with zero attached hydrogens (tertiary/aromatic N) is 4. The van der Waals surface area contributed by atoms with E-state index in [-0.39, 0.29) is 13.2 Å². The van der Waals surface area contributed by atoms with Gasteiger partial charge in [-0.2, -0.15) is 10.5 Å². The summed E-state index contributed by atoms with van der Waals surface area (Å²) < 4.78 is 25.7. The first kappa shape index (κ1) is 42.6. The van der Waals surface area contributed by atoms with Crippen LogP contribution in [0.4, 0.5) is 0 Å². The van der Waals surface area contributed by atoms with Crippen LogP contribution in [-0.2, 0) is 32.9 Å². The minimum absolute atomic E-state index is 0.260. The first-order valence-electron chi connectivity index (χ1n) is 21.3. The summed E-state index contributed by atoms with van der Waals surface area (Å²) in [7, 11) is 0. The molecule has 7 aromatic rings. The molecule has 0 atom stereocenters. The largest absolute Gasteiger partial charge is 0.488 e. The van der Waals surface area contributed by atoms with Gasteiger partial charge in [-0.3, -0.25) is 0 Å². The molecule has 0 bridgehead atoms. The maximum absolute atomic E-state index is 9.41. The van der Waals surface area contributed by atoms with Crippen LogP contribution in [0.5, 0.6) is 28.9 Å². The lowest BCUT2D eigenvalue weighted by atomic mass is 9.95. The molecule has 0 spiro atoms. The molecule has 9 rings (SSSR count). The summed E-state index contributed by atoms with van der Waals surface area (Å²) in [6.07, 6.45) is 6.11. The summed E-state index contributed by atoms with van der Waals surface area (Å²) in [6.45, 7) is 4.10. The van der Waals surface area contributed by atoms with E-state index in [0.717, 1.165) is 70.2 Å². The number of ether oxygens (including phenoxy) is 4. The average molecular weight is 888 g/mol. The molecule has 2 saturated carbocycles. The Hall–Kier alpha value is -6.66. The summed E-state index contributed by atoms with van der Waals surface area (Å²) >= 11 is 13.8. The third-order valence-electron chi connectivity index (χ3n) is 11.4. The first-order valence-corrected chi connectivity index (χ1v) is 22.1. The maximum Gasteiger partial charge on any atom is 0.230 e. The summed E-state index contributed by atoms with van der Waals surface area (Å²) in [5.41, 5.74) is 9.36. The Balaban J connectivity index is 0.956.